The van der Waals surface area contributed by atoms with Crippen LogP contribution >= 0.6 is 0 Å². The van der Waals surface area contributed by atoms with Gasteiger partial charge >= 0.3 is 6.18 Å². The molecule has 0 radical (unpaired) electrons. The number of carbonyl (C=O) groups excluding carboxylic acids is 2. The fourth-order valence-electron chi connectivity index (χ4n) is 4.86. The summed E-state index contributed by atoms with van der Waals surface area (Å²) in [7, 11) is 0. The Balaban J connectivity index is 1.43. The molecule has 11 nitrogen and oxygen atoms in total. The molecule has 0 atom stereocenters. The highest BCUT2D eigenvalue weighted by Crippen LogP contribution is 2.39. The fourth-order valence-corrected chi connectivity index (χ4v) is 4.86. The quantitative estimate of drug-likeness (QED) is 0.199. The van der Waals surface area contributed by atoms with Crippen molar-refractivity contribution in [3.63, 3.8) is 0 Å². The zero-order valence-corrected chi connectivity index (χ0v) is 23.0. The average Bonchev–Trinajstić information content (AvgIpc) is 3.53. The summed E-state index contributed by atoms with van der Waals surface area (Å²) < 4.78 is 46.4. The molecule has 0 aliphatic carbocycles. The van der Waals surface area contributed by atoms with E-state index in [-0.39, 0.29) is 33.9 Å². The van der Waals surface area contributed by atoms with E-state index in [9.17, 15) is 27.6 Å². The van der Waals surface area contributed by atoms with Gasteiger partial charge in [-0.2, -0.15) is 23.4 Å². The second-order valence-corrected chi connectivity index (χ2v) is 9.95. The van der Waals surface area contributed by atoms with E-state index in [4.69, 9.17) is 10.2 Å². The number of nitrogens with two attached hydrogens (primary N) is 1. The number of alkyl halides is 3. The van der Waals surface area contributed by atoms with E-state index in [1.54, 1.807) is 43.3 Å². The van der Waals surface area contributed by atoms with Gasteiger partial charge in [0.2, 0.25) is 5.91 Å². The largest absolute Gasteiger partial charge is 0.454 e. The van der Waals surface area contributed by atoms with Crippen molar-refractivity contribution in [2.24, 2.45) is 0 Å². The standard InChI is InChI=1S/C30H22F3N7O4/c1-14-21-12-3-16(28(42)36-19-6-4-17(5-7-19)30(31,32)33)13-22(21)44-26(14)25-23-24(29(43)38-37-27(23)34)39-40(25)20-10-8-18(9-11-20)35-15(2)41/h3-13H,1-2H3,(H2,34,37)(H,35,41)(H,36,42)(H,38,43). The van der Waals surface area contributed by atoms with Gasteiger partial charge in [0.25, 0.3) is 11.5 Å². The van der Waals surface area contributed by atoms with Crippen molar-refractivity contribution in [3.05, 3.63) is 93.8 Å². The number of benzene rings is 3. The van der Waals surface area contributed by atoms with Crippen molar-refractivity contribution < 1.29 is 27.2 Å². The van der Waals surface area contributed by atoms with Gasteiger partial charge in [-0.3, -0.25) is 14.4 Å². The molecule has 3 aromatic heterocycles. The fraction of sp³-hybridized carbons (Fsp3) is 0.100. The molecule has 0 aliphatic heterocycles. The Labute approximate surface area is 245 Å². The number of H-pyrrole nitrogens is 1. The maximum absolute atomic E-state index is 13.0. The van der Waals surface area contributed by atoms with Gasteiger partial charge in [0.05, 0.1) is 16.6 Å². The lowest BCUT2D eigenvalue weighted by atomic mass is 10.1. The Morgan fingerprint density at radius 2 is 1.64 bits per heavy atom. The van der Waals surface area contributed by atoms with Crippen LogP contribution in [0.1, 0.15) is 28.4 Å². The third-order valence-corrected chi connectivity index (χ3v) is 6.95. The van der Waals surface area contributed by atoms with E-state index in [2.05, 4.69) is 25.9 Å². The van der Waals surface area contributed by atoms with Gasteiger partial charge in [-0.05, 0) is 67.6 Å². The molecule has 6 rings (SSSR count). The van der Waals surface area contributed by atoms with Gasteiger partial charge in [0, 0.05) is 34.8 Å². The second kappa shape index (κ2) is 10.4. The first kappa shape index (κ1) is 28.2. The number of carbonyl (C=O) groups is 2. The van der Waals surface area contributed by atoms with Gasteiger partial charge < -0.3 is 20.8 Å². The summed E-state index contributed by atoms with van der Waals surface area (Å²) in [4.78, 5) is 37.1. The van der Waals surface area contributed by atoms with Crippen LogP contribution in [0.5, 0.6) is 0 Å². The molecule has 222 valence electrons. The van der Waals surface area contributed by atoms with Crippen LogP contribution in [-0.2, 0) is 11.0 Å². The molecule has 5 N–H and O–H groups in total. The van der Waals surface area contributed by atoms with E-state index < -0.39 is 23.2 Å². The number of hydrogen-bond donors (Lipinski definition) is 4. The summed E-state index contributed by atoms with van der Waals surface area (Å²) in [5.41, 5.74) is 7.63. The molecular weight excluding hydrogens is 579 g/mol. The van der Waals surface area contributed by atoms with Gasteiger partial charge in [0.15, 0.2) is 17.1 Å². The Kier molecular flexibility index (Phi) is 6.68. The maximum Gasteiger partial charge on any atom is 0.416 e. The molecule has 44 heavy (non-hydrogen) atoms. The van der Waals surface area contributed by atoms with Gasteiger partial charge in [-0.15, -0.1) is 0 Å². The lowest BCUT2D eigenvalue weighted by molar-refractivity contribution is -0.137. The van der Waals surface area contributed by atoms with Gasteiger partial charge in [-0.25, -0.2) is 9.78 Å². The van der Waals surface area contributed by atoms with E-state index in [0.717, 1.165) is 12.1 Å². The van der Waals surface area contributed by atoms with E-state index in [0.29, 0.717) is 39.4 Å². The summed E-state index contributed by atoms with van der Waals surface area (Å²) in [6, 6.07) is 15.6. The summed E-state index contributed by atoms with van der Waals surface area (Å²) >= 11 is 0. The molecule has 0 unspecified atom stereocenters. The molecule has 3 heterocycles. The van der Waals surface area contributed by atoms with E-state index in [1.807, 2.05) is 0 Å². The Morgan fingerprint density at radius 3 is 2.30 bits per heavy atom. The topological polar surface area (TPSA) is 161 Å². The number of fused-ring (bicyclic) bond motifs is 2. The van der Waals surface area contributed by atoms with Crippen LogP contribution in [0.25, 0.3) is 39.0 Å². The van der Waals surface area contributed by atoms with Crippen molar-refractivity contribution in [1.29, 1.82) is 0 Å². The Bertz CT molecular complexity index is 2150. The number of halogens is 3. The van der Waals surface area contributed by atoms with Crippen LogP contribution in [0.4, 0.5) is 30.4 Å². The third-order valence-electron chi connectivity index (χ3n) is 6.95. The molecule has 2 amide bonds. The van der Waals surface area contributed by atoms with Gasteiger partial charge in [0.1, 0.15) is 11.3 Å². The minimum Gasteiger partial charge on any atom is -0.454 e. The molecule has 0 spiro atoms. The van der Waals surface area contributed by atoms with Crippen molar-refractivity contribution >= 4 is 50.9 Å². The molecule has 14 heteroatoms. The number of furan rings is 1. The average molecular weight is 602 g/mol. The second-order valence-electron chi connectivity index (χ2n) is 9.95. The Morgan fingerprint density at radius 1 is 0.977 bits per heavy atom. The number of aromatic nitrogens is 4. The highest BCUT2D eigenvalue weighted by atomic mass is 19.4. The van der Waals surface area contributed by atoms with Crippen molar-refractivity contribution in [1.82, 2.24) is 20.0 Å². The molecule has 0 aliphatic rings. The number of nitrogens with zero attached hydrogens (tertiary/aromatic N) is 3. The lowest BCUT2D eigenvalue weighted by Gasteiger charge is -2.09. The number of aromatic amines is 1. The predicted molar refractivity (Wildman–Crippen MR) is 158 cm³/mol. The summed E-state index contributed by atoms with van der Waals surface area (Å²) in [5, 5.41) is 16.9. The molecular formula is C30H22F3N7O4. The minimum atomic E-state index is -4.49. The first-order chi connectivity index (χ1) is 20.9. The smallest absolute Gasteiger partial charge is 0.416 e. The molecule has 6 aromatic rings. The third kappa shape index (κ3) is 5.02. The first-order valence-corrected chi connectivity index (χ1v) is 13.1. The van der Waals surface area contributed by atoms with Crippen LogP contribution in [-0.4, -0.2) is 31.8 Å². The number of nitrogen functional groups attached to an aromatic ring is 1. The summed E-state index contributed by atoms with van der Waals surface area (Å²) in [6.45, 7) is 3.19. The van der Waals surface area contributed by atoms with Crippen molar-refractivity contribution in [3.8, 4) is 17.1 Å². The monoisotopic (exact) mass is 601 g/mol. The molecule has 0 bridgehead atoms. The molecule has 3 aromatic carbocycles. The first-order valence-electron chi connectivity index (χ1n) is 13.1. The van der Waals surface area contributed by atoms with Crippen LogP contribution in [0.15, 0.2) is 75.9 Å². The Hall–Kier alpha value is -5.92. The number of aryl methyl sites for hydroxylation is 1. The number of hydrogen-bond acceptors (Lipinski definition) is 7. The number of amides is 2. The zero-order valence-electron chi connectivity index (χ0n) is 23.0. The normalized spacial score (nSPS) is 11.7. The minimum absolute atomic E-state index is 0.00665. The zero-order chi connectivity index (χ0) is 31.3. The van der Waals surface area contributed by atoms with Crippen molar-refractivity contribution in [2.45, 2.75) is 20.0 Å². The van der Waals surface area contributed by atoms with E-state index >= 15 is 0 Å². The summed E-state index contributed by atoms with van der Waals surface area (Å²) in [5.74, 6) is -0.476. The van der Waals surface area contributed by atoms with Crippen LogP contribution < -0.4 is 21.9 Å². The van der Waals surface area contributed by atoms with E-state index in [1.165, 1.54) is 29.8 Å². The lowest BCUT2D eigenvalue weighted by Crippen LogP contribution is -2.12. The number of nitrogens with one attached hydrogen (secondary N) is 3. The van der Waals surface area contributed by atoms with Crippen molar-refractivity contribution in [2.75, 3.05) is 16.4 Å². The predicted octanol–water partition coefficient (Wildman–Crippen LogP) is 5.64. The van der Waals surface area contributed by atoms with Crippen LogP contribution in [0, 0.1) is 6.92 Å². The molecule has 0 fully saturated rings. The number of rotatable bonds is 5. The highest BCUT2D eigenvalue weighted by Gasteiger charge is 2.30. The van der Waals surface area contributed by atoms with Gasteiger partial charge in [-0.1, -0.05) is 6.07 Å². The number of anilines is 3. The van der Waals surface area contributed by atoms with Crippen LogP contribution in [0.3, 0.4) is 0 Å². The SMILES string of the molecule is CC(=O)Nc1ccc(-n2nc3c(=O)[nH]nc(N)c3c2-c2oc3cc(C(=O)Nc4ccc(C(F)(F)F)cc4)ccc3c2C)cc1. The summed E-state index contributed by atoms with van der Waals surface area (Å²) in [6.07, 6.45) is -4.49. The maximum atomic E-state index is 13.0. The molecule has 0 saturated carbocycles. The van der Waals surface area contributed by atoms with Crippen LogP contribution in [0.2, 0.25) is 0 Å². The molecule has 0 saturated heterocycles. The highest BCUT2D eigenvalue weighted by molar-refractivity contribution is 6.07.